The number of ether oxygens (including phenoxy) is 2. The molecule has 1 aromatic carbocycles. The third-order valence-corrected chi connectivity index (χ3v) is 4.20. The summed E-state index contributed by atoms with van der Waals surface area (Å²) in [5.41, 5.74) is 1.75. The van der Waals surface area contributed by atoms with Crippen LogP contribution in [0.25, 0.3) is 0 Å². The summed E-state index contributed by atoms with van der Waals surface area (Å²) < 4.78 is 10.8. The molecule has 4 heteroatoms. The van der Waals surface area contributed by atoms with E-state index < -0.39 is 11.4 Å². The summed E-state index contributed by atoms with van der Waals surface area (Å²) in [5, 5.41) is 9.64. The zero-order valence-corrected chi connectivity index (χ0v) is 11.9. The van der Waals surface area contributed by atoms with Crippen LogP contribution in [-0.2, 0) is 10.2 Å². The minimum atomic E-state index is -0.811. The summed E-state index contributed by atoms with van der Waals surface area (Å²) in [6.45, 7) is 3.82. The van der Waals surface area contributed by atoms with E-state index in [1.807, 2.05) is 19.9 Å². The molecule has 0 radical (unpaired) electrons. The number of methoxy groups -OCH3 is 2. The third kappa shape index (κ3) is 1.86. The maximum atomic E-state index is 11.7. The monoisotopic (exact) mass is 264 g/mol. The van der Waals surface area contributed by atoms with Gasteiger partial charge in [-0.05, 0) is 43.9 Å². The lowest BCUT2D eigenvalue weighted by Crippen LogP contribution is -2.43. The first kappa shape index (κ1) is 13.7. The van der Waals surface area contributed by atoms with Crippen LogP contribution in [0.1, 0.15) is 36.0 Å². The zero-order valence-electron chi connectivity index (χ0n) is 11.9. The topological polar surface area (TPSA) is 55.8 Å². The van der Waals surface area contributed by atoms with Gasteiger partial charge in [-0.1, -0.05) is 6.42 Å². The number of aliphatic carboxylic acids is 1. The van der Waals surface area contributed by atoms with Crippen molar-refractivity contribution >= 4 is 5.97 Å². The molecule has 1 N–H and O–H groups in total. The van der Waals surface area contributed by atoms with Crippen LogP contribution in [0.3, 0.4) is 0 Å². The van der Waals surface area contributed by atoms with E-state index in [0.29, 0.717) is 18.6 Å². The molecule has 1 aliphatic rings. The largest absolute Gasteiger partial charge is 0.496 e. The normalized spacial score (nSPS) is 16.6. The lowest BCUT2D eigenvalue weighted by Gasteiger charge is -2.40. The molecule has 1 aromatic rings. The molecule has 0 aromatic heterocycles. The Hall–Kier alpha value is -1.71. The Morgan fingerprint density at radius 2 is 1.89 bits per heavy atom. The van der Waals surface area contributed by atoms with Crippen LogP contribution < -0.4 is 9.47 Å². The minimum Gasteiger partial charge on any atom is -0.496 e. The van der Waals surface area contributed by atoms with Gasteiger partial charge in [-0.3, -0.25) is 4.79 Å². The van der Waals surface area contributed by atoms with E-state index >= 15 is 0 Å². The quantitative estimate of drug-likeness (QED) is 0.908. The van der Waals surface area contributed by atoms with Gasteiger partial charge < -0.3 is 14.6 Å². The van der Waals surface area contributed by atoms with Crippen LogP contribution in [0.15, 0.2) is 6.07 Å². The number of benzene rings is 1. The second kappa shape index (κ2) is 4.76. The first-order valence-electron chi connectivity index (χ1n) is 6.44. The molecular weight excluding hydrogens is 244 g/mol. The highest BCUT2D eigenvalue weighted by molar-refractivity contribution is 5.85. The van der Waals surface area contributed by atoms with Crippen molar-refractivity contribution in [1.82, 2.24) is 0 Å². The number of carboxylic acids is 1. The number of hydrogen-bond donors (Lipinski definition) is 1. The van der Waals surface area contributed by atoms with Crippen LogP contribution in [0, 0.1) is 13.8 Å². The Morgan fingerprint density at radius 1 is 1.26 bits per heavy atom. The highest BCUT2D eigenvalue weighted by Gasteiger charge is 2.49. The molecule has 19 heavy (non-hydrogen) atoms. The molecule has 0 spiro atoms. The van der Waals surface area contributed by atoms with Crippen molar-refractivity contribution in [3.05, 3.63) is 22.8 Å². The molecule has 1 fully saturated rings. The molecule has 4 nitrogen and oxygen atoms in total. The molecule has 0 bridgehead atoms. The molecule has 0 aliphatic heterocycles. The summed E-state index contributed by atoms with van der Waals surface area (Å²) in [7, 11) is 3.19. The number of hydrogen-bond acceptors (Lipinski definition) is 3. The molecule has 2 rings (SSSR count). The lowest BCUT2D eigenvalue weighted by molar-refractivity contribution is -0.147. The minimum absolute atomic E-state index is 0.659. The van der Waals surface area contributed by atoms with Gasteiger partial charge in [-0.2, -0.15) is 0 Å². The molecule has 0 amide bonds. The van der Waals surface area contributed by atoms with E-state index in [2.05, 4.69) is 0 Å². The molecule has 1 saturated carbocycles. The van der Waals surface area contributed by atoms with E-state index in [4.69, 9.17) is 9.47 Å². The van der Waals surface area contributed by atoms with E-state index in [0.717, 1.165) is 28.9 Å². The van der Waals surface area contributed by atoms with Gasteiger partial charge in [0.2, 0.25) is 0 Å². The third-order valence-electron chi connectivity index (χ3n) is 4.20. The van der Waals surface area contributed by atoms with Crippen molar-refractivity contribution in [3.8, 4) is 11.5 Å². The van der Waals surface area contributed by atoms with Crippen molar-refractivity contribution in [2.75, 3.05) is 14.2 Å². The lowest BCUT2D eigenvalue weighted by atomic mass is 9.62. The highest BCUT2D eigenvalue weighted by Crippen LogP contribution is 2.51. The summed E-state index contributed by atoms with van der Waals surface area (Å²) >= 11 is 0. The predicted molar refractivity (Wildman–Crippen MR) is 72.2 cm³/mol. The average molecular weight is 264 g/mol. The number of carbonyl (C=O) groups is 1. The standard InChI is InChI=1S/C15H20O4/c1-9-8-11(18-3)10(2)12(13(9)19-4)15(14(16)17)6-5-7-15/h8H,5-7H2,1-4H3,(H,16,17). The fourth-order valence-corrected chi connectivity index (χ4v) is 3.01. The van der Waals surface area contributed by atoms with E-state index in [1.54, 1.807) is 14.2 Å². The SMILES string of the molecule is COc1cc(C)c(OC)c(C2(C(=O)O)CCC2)c1C. The van der Waals surface area contributed by atoms with E-state index in [-0.39, 0.29) is 0 Å². The molecule has 104 valence electrons. The van der Waals surface area contributed by atoms with Gasteiger partial charge in [0.1, 0.15) is 11.5 Å². The first-order valence-corrected chi connectivity index (χ1v) is 6.44. The fraction of sp³-hybridized carbons (Fsp3) is 0.533. The van der Waals surface area contributed by atoms with Crippen molar-refractivity contribution in [2.45, 2.75) is 38.5 Å². The summed E-state index contributed by atoms with van der Waals surface area (Å²) in [6, 6.07) is 1.89. The maximum Gasteiger partial charge on any atom is 0.314 e. The smallest absolute Gasteiger partial charge is 0.314 e. The van der Waals surface area contributed by atoms with Crippen LogP contribution in [-0.4, -0.2) is 25.3 Å². The fourth-order valence-electron chi connectivity index (χ4n) is 3.01. The van der Waals surface area contributed by atoms with E-state index in [1.165, 1.54) is 0 Å². The zero-order chi connectivity index (χ0) is 14.2. The Kier molecular flexibility index (Phi) is 3.43. The van der Waals surface area contributed by atoms with Gasteiger partial charge in [-0.25, -0.2) is 0 Å². The number of aryl methyl sites for hydroxylation is 1. The maximum absolute atomic E-state index is 11.7. The van der Waals surface area contributed by atoms with E-state index in [9.17, 15) is 9.90 Å². The first-order chi connectivity index (χ1) is 8.97. The van der Waals surface area contributed by atoms with Crippen molar-refractivity contribution in [2.24, 2.45) is 0 Å². The molecule has 0 atom stereocenters. The van der Waals surface area contributed by atoms with Crippen molar-refractivity contribution in [3.63, 3.8) is 0 Å². The van der Waals surface area contributed by atoms with Crippen LogP contribution in [0.4, 0.5) is 0 Å². The summed E-state index contributed by atoms with van der Waals surface area (Å²) in [4.78, 5) is 11.7. The second-order valence-corrected chi connectivity index (χ2v) is 5.17. The number of carboxylic acid groups (broad SMARTS) is 1. The van der Waals surface area contributed by atoms with Crippen molar-refractivity contribution < 1.29 is 19.4 Å². The van der Waals surface area contributed by atoms with Gasteiger partial charge in [0.15, 0.2) is 0 Å². The van der Waals surface area contributed by atoms with Gasteiger partial charge in [0, 0.05) is 5.56 Å². The van der Waals surface area contributed by atoms with Gasteiger partial charge in [0.25, 0.3) is 0 Å². The van der Waals surface area contributed by atoms with Gasteiger partial charge in [-0.15, -0.1) is 0 Å². The predicted octanol–water partition coefficient (Wildman–Crippen LogP) is 2.83. The highest BCUT2D eigenvalue weighted by atomic mass is 16.5. The second-order valence-electron chi connectivity index (χ2n) is 5.17. The van der Waals surface area contributed by atoms with Crippen LogP contribution in [0.5, 0.6) is 11.5 Å². The molecule has 1 aliphatic carbocycles. The van der Waals surface area contributed by atoms with Gasteiger partial charge >= 0.3 is 5.97 Å². The van der Waals surface area contributed by atoms with Gasteiger partial charge in [0.05, 0.1) is 19.6 Å². The number of rotatable bonds is 4. The molecule has 0 unspecified atom stereocenters. The summed E-state index contributed by atoms with van der Waals surface area (Å²) in [5.74, 6) is 0.633. The Balaban J connectivity index is 2.73. The van der Waals surface area contributed by atoms with Crippen molar-refractivity contribution in [1.29, 1.82) is 0 Å². The summed E-state index contributed by atoms with van der Waals surface area (Å²) in [6.07, 6.45) is 2.25. The van der Waals surface area contributed by atoms with Crippen LogP contribution >= 0.6 is 0 Å². The Labute approximate surface area is 113 Å². The van der Waals surface area contributed by atoms with Crippen LogP contribution in [0.2, 0.25) is 0 Å². The Morgan fingerprint density at radius 3 is 2.26 bits per heavy atom. The molecular formula is C15H20O4. The average Bonchev–Trinajstić information content (AvgIpc) is 2.31. The molecule has 0 heterocycles. The molecule has 0 saturated heterocycles. The Bertz CT molecular complexity index is 515.